The molecule has 2 aromatic rings. The second-order valence-electron chi connectivity index (χ2n) is 9.26. The number of carboxylic acids is 2. The molecule has 1 saturated heterocycles. The van der Waals surface area contributed by atoms with E-state index in [4.69, 9.17) is 25.2 Å². The third-order valence-electron chi connectivity index (χ3n) is 7.36. The smallest absolute Gasteiger partial charge is 0.335 e. The van der Waals surface area contributed by atoms with Gasteiger partial charge in [-0.05, 0) is 36.8 Å². The molecule has 3 aliphatic heterocycles. The zero-order valence-corrected chi connectivity index (χ0v) is 19.6. The van der Waals surface area contributed by atoms with Crippen LogP contribution < -0.4 is 0 Å². The Balaban J connectivity index is 0.000000248. The molecule has 5 N–H and O–H groups in total. The quantitative estimate of drug-likeness (QED) is 0.307. The van der Waals surface area contributed by atoms with E-state index in [0.29, 0.717) is 5.92 Å². The number of aliphatic hydroxyl groups excluding tert-OH is 2. The number of esters is 1. The third kappa shape index (κ3) is 4.01. The first-order chi connectivity index (χ1) is 16.6. The Labute approximate surface area is 201 Å². The van der Waals surface area contributed by atoms with Gasteiger partial charge in [-0.1, -0.05) is 36.8 Å². The van der Waals surface area contributed by atoms with Gasteiger partial charge in [0.25, 0.3) is 0 Å². The highest BCUT2D eigenvalue weighted by Crippen LogP contribution is 2.53. The molecule has 35 heavy (non-hydrogen) atoms. The predicted octanol–water partition coefficient (Wildman–Crippen LogP) is 1.05. The molecule has 4 heterocycles. The predicted molar refractivity (Wildman–Crippen MR) is 125 cm³/mol. The number of aliphatic hydroxyl groups is 2. The van der Waals surface area contributed by atoms with Gasteiger partial charge in [0.1, 0.15) is 5.41 Å². The van der Waals surface area contributed by atoms with Crippen LogP contribution in [0, 0.1) is 5.92 Å². The van der Waals surface area contributed by atoms with Crippen molar-refractivity contribution in [2.75, 3.05) is 20.2 Å². The first-order valence-electron chi connectivity index (χ1n) is 11.6. The van der Waals surface area contributed by atoms with Crippen LogP contribution in [0.15, 0.2) is 35.9 Å². The van der Waals surface area contributed by atoms with Crippen LogP contribution in [0.4, 0.5) is 0 Å². The summed E-state index contributed by atoms with van der Waals surface area (Å²) in [7, 11) is 1.53. The minimum absolute atomic E-state index is 0.0824. The molecule has 10 nitrogen and oxygen atoms in total. The Hall–Kier alpha value is -3.21. The number of carboxylic acid groups (broad SMARTS) is 2. The number of aromatic nitrogens is 1. The number of hydrogen-bond acceptors (Lipinski definition) is 7. The molecular formula is C25H30N2O8. The van der Waals surface area contributed by atoms with Gasteiger partial charge in [-0.2, -0.15) is 0 Å². The van der Waals surface area contributed by atoms with E-state index >= 15 is 0 Å². The number of nitrogens with zero attached hydrogens (tertiary/aromatic N) is 1. The molecule has 188 valence electrons. The molecule has 4 bridgehead atoms. The summed E-state index contributed by atoms with van der Waals surface area (Å²) in [6.07, 6.45) is 0.722. The zero-order valence-electron chi connectivity index (χ0n) is 19.6. The number of fused-ring (bicyclic) bond motifs is 3. The fourth-order valence-electron chi connectivity index (χ4n) is 5.98. The molecule has 3 unspecified atom stereocenters. The number of benzene rings is 1. The van der Waals surface area contributed by atoms with E-state index in [0.717, 1.165) is 43.6 Å². The highest BCUT2D eigenvalue weighted by atomic mass is 16.5. The molecule has 6 rings (SSSR count). The largest absolute Gasteiger partial charge is 0.479 e. The Morgan fingerprint density at radius 1 is 1.17 bits per heavy atom. The number of methoxy groups -OCH3 is 1. The van der Waals surface area contributed by atoms with Gasteiger partial charge in [0.2, 0.25) is 0 Å². The molecular weight excluding hydrogens is 456 g/mol. The fraction of sp³-hybridized carbons (Fsp3) is 0.480. The molecule has 0 saturated carbocycles. The van der Waals surface area contributed by atoms with E-state index in [2.05, 4.69) is 47.1 Å². The van der Waals surface area contributed by atoms with Gasteiger partial charge in [-0.3, -0.25) is 9.69 Å². The monoisotopic (exact) mass is 486 g/mol. The Bertz CT molecular complexity index is 1170. The highest BCUT2D eigenvalue weighted by Gasteiger charge is 2.60. The lowest BCUT2D eigenvalue weighted by Gasteiger charge is -2.53. The zero-order chi connectivity index (χ0) is 25.5. The number of H-pyrrole nitrogens is 1. The number of piperidine rings is 1. The maximum atomic E-state index is 13.2. The summed E-state index contributed by atoms with van der Waals surface area (Å²) in [5.41, 5.74) is 4.36. The number of aliphatic carboxylic acids is 2. The van der Waals surface area contributed by atoms with E-state index in [1.165, 1.54) is 23.6 Å². The van der Waals surface area contributed by atoms with Gasteiger partial charge < -0.3 is 30.1 Å². The van der Waals surface area contributed by atoms with Gasteiger partial charge in [0.15, 0.2) is 12.2 Å². The molecule has 0 spiro atoms. The fourth-order valence-corrected chi connectivity index (χ4v) is 5.98. The molecule has 1 fully saturated rings. The van der Waals surface area contributed by atoms with Gasteiger partial charge in [0, 0.05) is 29.7 Å². The van der Waals surface area contributed by atoms with Gasteiger partial charge in [-0.25, -0.2) is 9.59 Å². The van der Waals surface area contributed by atoms with Gasteiger partial charge in [-0.15, -0.1) is 0 Å². The van der Waals surface area contributed by atoms with E-state index < -0.39 is 29.6 Å². The van der Waals surface area contributed by atoms with Crippen LogP contribution in [-0.4, -0.2) is 86.7 Å². The first-order valence-corrected chi connectivity index (χ1v) is 11.6. The van der Waals surface area contributed by atoms with Crippen molar-refractivity contribution >= 4 is 28.8 Å². The summed E-state index contributed by atoms with van der Waals surface area (Å²) in [5, 5.41) is 33.8. The number of aromatic amines is 1. The number of ether oxygens (including phenoxy) is 1. The summed E-state index contributed by atoms with van der Waals surface area (Å²) in [4.78, 5) is 39.0. The van der Waals surface area contributed by atoms with Gasteiger partial charge in [0.05, 0.1) is 13.2 Å². The molecule has 4 aliphatic rings. The van der Waals surface area contributed by atoms with Crippen molar-refractivity contribution in [1.29, 1.82) is 0 Å². The maximum absolute atomic E-state index is 13.2. The van der Waals surface area contributed by atoms with Crippen LogP contribution >= 0.6 is 0 Å². The van der Waals surface area contributed by atoms with Crippen molar-refractivity contribution in [1.82, 2.24) is 9.88 Å². The average Bonchev–Trinajstić information content (AvgIpc) is 3.20. The lowest BCUT2D eigenvalue weighted by Crippen LogP contribution is -2.63. The lowest BCUT2D eigenvalue weighted by atomic mass is 9.60. The van der Waals surface area contributed by atoms with Crippen LogP contribution in [0.2, 0.25) is 0 Å². The van der Waals surface area contributed by atoms with Crippen LogP contribution in [-0.2, 0) is 31.0 Å². The third-order valence-corrected chi connectivity index (χ3v) is 7.36. The Morgan fingerprint density at radius 2 is 1.83 bits per heavy atom. The first kappa shape index (κ1) is 24.9. The second kappa shape index (κ2) is 9.44. The normalized spacial score (nSPS) is 28.0. The molecule has 1 aromatic carbocycles. The minimum Gasteiger partial charge on any atom is -0.479 e. The van der Waals surface area contributed by atoms with Crippen molar-refractivity contribution in [3.8, 4) is 0 Å². The van der Waals surface area contributed by atoms with Crippen molar-refractivity contribution < 1.29 is 39.5 Å². The molecule has 10 heteroatoms. The molecule has 6 atom stereocenters. The summed E-state index contributed by atoms with van der Waals surface area (Å²) in [6, 6.07) is 8.56. The molecule has 1 aliphatic carbocycles. The second-order valence-corrected chi connectivity index (χ2v) is 9.26. The van der Waals surface area contributed by atoms with Crippen molar-refractivity contribution in [3.63, 3.8) is 0 Å². The van der Waals surface area contributed by atoms with Crippen LogP contribution in [0.5, 0.6) is 0 Å². The number of nitrogens with one attached hydrogen (secondary N) is 1. The Morgan fingerprint density at radius 3 is 2.43 bits per heavy atom. The summed E-state index contributed by atoms with van der Waals surface area (Å²) < 4.78 is 5.41. The minimum atomic E-state index is -2.27. The Kier molecular flexibility index (Phi) is 6.72. The number of para-hydroxylation sites is 1. The lowest BCUT2D eigenvalue weighted by molar-refractivity contribution is -0.165. The van der Waals surface area contributed by atoms with Crippen molar-refractivity contribution in [3.05, 3.63) is 47.2 Å². The van der Waals surface area contributed by atoms with E-state index in [1.54, 1.807) is 0 Å². The standard InChI is InChI=1S/C21H24N2O2.C4H6O6/c1-3-14-10-13-11-21(20(24)25-2)18-16(8-9-23(12-13)19(14)21)15-6-4-5-7-17(15)22-18;5-1(3(7)8)2(6)4(9)10/h4-7,10,13,19,22H,3,8-9,11-12H2,1-2H3;1-2,5-6H,(H,7,8)(H,9,10)/t13-,19-,21+;/m1./s1. The molecule has 0 radical (unpaired) electrons. The van der Waals surface area contributed by atoms with Crippen LogP contribution in [0.25, 0.3) is 10.9 Å². The summed E-state index contributed by atoms with van der Waals surface area (Å²) in [5.74, 6) is -3.19. The van der Waals surface area contributed by atoms with E-state index in [1.807, 2.05) is 0 Å². The SMILES string of the molecule is CCC1=C[C@H]2CN3CCc4c([nH]c5ccccc45)[C@@](C(=O)OC)(C2)[C@@H]13.O=C(O)C(O)C(O)C(=O)O. The molecule has 0 amide bonds. The van der Waals surface area contributed by atoms with E-state index in [9.17, 15) is 14.4 Å². The van der Waals surface area contributed by atoms with Crippen molar-refractivity contribution in [2.24, 2.45) is 5.92 Å². The van der Waals surface area contributed by atoms with E-state index in [-0.39, 0.29) is 12.0 Å². The van der Waals surface area contributed by atoms with Crippen molar-refractivity contribution in [2.45, 2.75) is 49.9 Å². The van der Waals surface area contributed by atoms with Crippen LogP contribution in [0.1, 0.15) is 31.0 Å². The highest BCUT2D eigenvalue weighted by molar-refractivity contribution is 5.92. The number of carbonyl (C=O) groups is 3. The van der Waals surface area contributed by atoms with Crippen LogP contribution in [0.3, 0.4) is 0 Å². The number of rotatable bonds is 5. The summed E-state index contributed by atoms with van der Waals surface area (Å²) in [6.45, 7) is 4.28. The topological polar surface area (TPSA) is 160 Å². The number of hydrogen-bond donors (Lipinski definition) is 5. The van der Waals surface area contributed by atoms with Gasteiger partial charge >= 0.3 is 17.9 Å². The average molecular weight is 487 g/mol. The summed E-state index contributed by atoms with van der Waals surface area (Å²) >= 11 is 0. The maximum Gasteiger partial charge on any atom is 0.335 e. The molecule has 1 aromatic heterocycles. The number of carbonyl (C=O) groups excluding carboxylic acids is 1.